The van der Waals surface area contributed by atoms with E-state index in [1.807, 2.05) is 6.26 Å². The molecule has 0 aromatic heterocycles. The third-order valence-corrected chi connectivity index (χ3v) is 1.54. The minimum absolute atomic E-state index is 0.861. The molecule has 60 valence electrons. The minimum atomic E-state index is 0.861. The van der Waals surface area contributed by atoms with Gasteiger partial charge < -0.3 is 5.43 Å². The normalized spacial score (nSPS) is 11.7. The highest BCUT2D eigenvalue weighted by molar-refractivity contribution is 7.99. The van der Waals surface area contributed by atoms with Gasteiger partial charge in [0.15, 0.2) is 0 Å². The van der Waals surface area contributed by atoms with Gasteiger partial charge in [0.05, 0.1) is 5.75 Å². The van der Waals surface area contributed by atoms with E-state index in [2.05, 4.69) is 17.3 Å². The molecule has 0 unspecified atom stereocenters. The maximum atomic E-state index is 5.21. The van der Waals surface area contributed by atoms with E-state index < -0.39 is 0 Å². The summed E-state index contributed by atoms with van der Waals surface area (Å²) in [5.41, 5.74) is 2.57. The zero-order chi connectivity index (χ0) is 7.82. The molecule has 0 rings (SSSR count). The van der Waals surface area contributed by atoms with Crippen LogP contribution in [0.15, 0.2) is 4.99 Å². The first-order valence-corrected chi connectivity index (χ1v) is 4.73. The second kappa shape index (κ2) is 6.89. The Morgan fingerprint density at radius 1 is 1.70 bits per heavy atom. The minimum Gasteiger partial charge on any atom is -0.312 e. The largest absolute Gasteiger partial charge is 0.312 e. The molecule has 0 aromatic carbocycles. The van der Waals surface area contributed by atoms with Crippen LogP contribution in [0.1, 0.15) is 13.3 Å². The van der Waals surface area contributed by atoms with E-state index in [1.165, 1.54) is 0 Å². The van der Waals surface area contributed by atoms with Crippen molar-refractivity contribution in [2.75, 3.05) is 18.6 Å². The van der Waals surface area contributed by atoms with Gasteiger partial charge in [-0.2, -0.15) is 11.8 Å². The van der Waals surface area contributed by atoms with E-state index in [4.69, 9.17) is 5.84 Å². The molecule has 3 N–H and O–H groups in total. The van der Waals surface area contributed by atoms with Crippen molar-refractivity contribution >= 4 is 17.6 Å². The number of rotatable bonds is 4. The van der Waals surface area contributed by atoms with Crippen LogP contribution in [0.4, 0.5) is 0 Å². The Kier molecular flexibility index (Phi) is 6.74. The second-order valence-electron chi connectivity index (χ2n) is 1.91. The number of aliphatic imine (C=N–C) groups is 1. The molecule has 0 saturated carbocycles. The first-order chi connectivity index (χ1) is 4.85. The Labute approximate surface area is 66.4 Å². The van der Waals surface area contributed by atoms with Gasteiger partial charge in [-0.25, -0.2) is 5.84 Å². The second-order valence-corrected chi connectivity index (χ2v) is 2.77. The summed E-state index contributed by atoms with van der Waals surface area (Å²) in [4.78, 5) is 4.21. The van der Waals surface area contributed by atoms with Gasteiger partial charge in [0.25, 0.3) is 0 Å². The molecule has 0 spiro atoms. The van der Waals surface area contributed by atoms with Gasteiger partial charge in [0.1, 0.15) is 5.84 Å². The van der Waals surface area contributed by atoms with Crippen LogP contribution < -0.4 is 11.3 Å². The molecule has 0 atom stereocenters. The molecule has 3 nitrogen and oxygen atoms in total. The number of nitrogens with zero attached hydrogens (tertiary/aromatic N) is 1. The van der Waals surface area contributed by atoms with E-state index >= 15 is 0 Å². The lowest BCUT2D eigenvalue weighted by atomic mass is 10.5. The lowest BCUT2D eigenvalue weighted by Gasteiger charge is -2.01. The molecular weight excluding hydrogens is 146 g/mol. The summed E-state index contributed by atoms with van der Waals surface area (Å²) in [6.07, 6.45) is 3.10. The molecule has 0 aliphatic carbocycles. The van der Waals surface area contributed by atoms with Gasteiger partial charge in [-0.1, -0.05) is 6.92 Å². The standard InChI is InChI=1S/C6H15N3S/c1-3-4-8-6(9-7)5-10-2/h3-5,7H2,1-2H3,(H,8,9). The highest BCUT2D eigenvalue weighted by atomic mass is 32.2. The monoisotopic (exact) mass is 161 g/mol. The maximum absolute atomic E-state index is 5.21. The van der Waals surface area contributed by atoms with Crippen molar-refractivity contribution in [1.29, 1.82) is 0 Å². The first-order valence-electron chi connectivity index (χ1n) is 3.34. The number of hydrogen-bond donors (Lipinski definition) is 2. The molecule has 4 heteroatoms. The summed E-state index contributed by atoms with van der Waals surface area (Å²) < 4.78 is 0. The summed E-state index contributed by atoms with van der Waals surface area (Å²) in [7, 11) is 0. The Bertz CT molecular complexity index is 103. The fourth-order valence-corrected chi connectivity index (χ4v) is 0.964. The van der Waals surface area contributed by atoms with E-state index in [0.717, 1.165) is 24.6 Å². The van der Waals surface area contributed by atoms with Crippen LogP contribution >= 0.6 is 11.8 Å². The highest BCUT2D eigenvalue weighted by Gasteiger charge is 1.91. The van der Waals surface area contributed by atoms with E-state index in [0.29, 0.717) is 0 Å². The topological polar surface area (TPSA) is 50.4 Å². The van der Waals surface area contributed by atoms with E-state index in [1.54, 1.807) is 11.8 Å². The van der Waals surface area contributed by atoms with Crippen LogP contribution in [0, 0.1) is 0 Å². The number of amidine groups is 1. The molecule has 0 fully saturated rings. The van der Waals surface area contributed by atoms with Crippen molar-refractivity contribution in [3.63, 3.8) is 0 Å². The average Bonchev–Trinajstić information content (AvgIpc) is 1.98. The molecule has 0 heterocycles. The Balaban J connectivity index is 3.55. The third kappa shape index (κ3) is 4.64. The number of thioether (sulfide) groups is 1. The number of nitrogens with two attached hydrogens (primary N) is 1. The zero-order valence-corrected chi connectivity index (χ0v) is 7.37. The molecule has 0 aliphatic rings. The van der Waals surface area contributed by atoms with Crippen molar-refractivity contribution in [3.05, 3.63) is 0 Å². The summed E-state index contributed by atoms with van der Waals surface area (Å²) in [5.74, 6) is 6.96. The predicted molar refractivity (Wildman–Crippen MR) is 48.3 cm³/mol. The van der Waals surface area contributed by atoms with Gasteiger partial charge in [0.2, 0.25) is 0 Å². The maximum Gasteiger partial charge on any atom is 0.120 e. The Hall–Kier alpha value is -0.220. The smallest absolute Gasteiger partial charge is 0.120 e. The van der Waals surface area contributed by atoms with Crippen LogP contribution in [-0.2, 0) is 0 Å². The lowest BCUT2D eigenvalue weighted by molar-refractivity contribution is 0.905. The van der Waals surface area contributed by atoms with Gasteiger partial charge in [-0.15, -0.1) is 0 Å². The number of hydrazine groups is 1. The molecule has 0 amide bonds. The van der Waals surface area contributed by atoms with E-state index in [9.17, 15) is 0 Å². The molecular formula is C6H15N3S. The zero-order valence-electron chi connectivity index (χ0n) is 6.55. The van der Waals surface area contributed by atoms with Crippen molar-refractivity contribution in [2.24, 2.45) is 10.8 Å². The van der Waals surface area contributed by atoms with Crippen LogP contribution in [0.3, 0.4) is 0 Å². The van der Waals surface area contributed by atoms with Crippen LogP contribution in [0.25, 0.3) is 0 Å². The van der Waals surface area contributed by atoms with Crippen LogP contribution in [0.2, 0.25) is 0 Å². The summed E-state index contributed by atoms with van der Waals surface area (Å²) >= 11 is 1.71. The van der Waals surface area contributed by atoms with Gasteiger partial charge in [0, 0.05) is 6.54 Å². The molecule has 0 aromatic rings. The summed E-state index contributed by atoms with van der Waals surface area (Å²) in [5, 5.41) is 0. The molecule has 0 radical (unpaired) electrons. The fraction of sp³-hybridized carbons (Fsp3) is 0.833. The van der Waals surface area contributed by atoms with Crippen molar-refractivity contribution in [1.82, 2.24) is 5.43 Å². The summed E-state index contributed by atoms with van der Waals surface area (Å²) in [6.45, 7) is 2.96. The third-order valence-electron chi connectivity index (χ3n) is 0.974. The van der Waals surface area contributed by atoms with Gasteiger partial charge in [-0.05, 0) is 12.7 Å². The Morgan fingerprint density at radius 2 is 2.40 bits per heavy atom. The van der Waals surface area contributed by atoms with Gasteiger partial charge in [-0.3, -0.25) is 4.99 Å². The first kappa shape index (κ1) is 9.78. The highest BCUT2D eigenvalue weighted by Crippen LogP contribution is 1.91. The van der Waals surface area contributed by atoms with E-state index in [-0.39, 0.29) is 0 Å². The molecule has 0 saturated heterocycles. The number of nitrogens with one attached hydrogen (secondary N) is 1. The average molecular weight is 161 g/mol. The fourth-order valence-electron chi connectivity index (χ4n) is 0.516. The summed E-state index contributed by atoms with van der Waals surface area (Å²) in [6, 6.07) is 0. The predicted octanol–water partition coefficient (Wildman–Crippen LogP) is 0.621. The van der Waals surface area contributed by atoms with Crippen LogP contribution in [-0.4, -0.2) is 24.4 Å². The Morgan fingerprint density at radius 3 is 2.80 bits per heavy atom. The quantitative estimate of drug-likeness (QED) is 0.275. The van der Waals surface area contributed by atoms with Crippen molar-refractivity contribution < 1.29 is 0 Å². The van der Waals surface area contributed by atoms with Crippen LogP contribution in [0.5, 0.6) is 0 Å². The van der Waals surface area contributed by atoms with Crippen molar-refractivity contribution in [3.8, 4) is 0 Å². The van der Waals surface area contributed by atoms with Gasteiger partial charge >= 0.3 is 0 Å². The molecule has 0 aliphatic heterocycles. The number of hydrogen-bond acceptors (Lipinski definition) is 3. The van der Waals surface area contributed by atoms with Crippen molar-refractivity contribution in [2.45, 2.75) is 13.3 Å². The SMILES string of the molecule is CCCN=C(CSC)NN. The molecule has 10 heavy (non-hydrogen) atoms. The lowest BCUT2D eigenvalue weighted by Crippen LogP contribution is -2.32. The molecule has 0 bridgehead atoms.